The van der Waals surface area contributed by atoms with Crippen molar-refractivity contribution in [2.24, 2.45) is 0 Å². The van der Waals surface area contributed by atoms with Crippen molar-refractivity contribution in [2.75, 3.05) is 20.2 Å². The summed E-state index contributed by atoms with van der Waals surface area (Å²) in [5.41, 5.74) is -0.212. The van der Waals surface area contributed by atoms with Gasteiger partial charge in [0.05, 0.1) is 32.6 Å². The molecule has 0 saturated carbocycles. The molecule has 0 spiro atoms. The van der Waals surface area contributed by atoms with Crippen LogP contribution in [0.4, 0.5) is 0 Å². The Bertz CT molecular complexity index is 737. The summed E-state index contributed by atoms with van der Waals surface area (Å²) in [6.45, 7) is 0.904. The number of hydrogen-bond acceptors (Lipinski definition) is 5. The molecule has 1 N–H and O–H groups in total. The van der Waals surface area contributed by atoms with Crippen molar-refractivity contribution in [3.63, 3.8) is 0 Å². The molecule has 7 nitrogen and oxygen atoms in total. The summed E-state index contributed by atoms with van der Waals surface area (Å²) in [7, 11) is 1.58. The maximum absolute atomic E-state index is 12.1. The molecule has 2 aromatic rings. The van der Waals surface area contributed by atoms with Gasteiger partial charge in [-0.15, -0.1) is 0 Å². The normalized spacial score (nSPS) is 14.3. The Kier molecular flexibility index (Phi) is 3.78. The van der Waals surface area contributed by atoms with Gasteiger partial charge in [0.15, 0.2) is 11.5 Å². The van der Waals surface area contributed by atoms with Crippen LogP contribution in [-0.2, 0) is 0 Å². The molecule has 0 atom stereocenters. The van der Waals surface area contributed by atoms with Crippen LogP contribution in [0.25, 0.3) is 0 Å². The lowest BCUT2D eigenvalue weighted by atomic mass is 10.1. The van der Waals surface area contributed by atoms with Crippen LogP contribution in [0.3, 0.4) is 0 Å². The molecule has 1 saturated heterocycles. The summed E-state index contributed by atoms with van der Waals surface area (Å²) in [6.07, 6.45) is 2.38. The zero-order valence-electron chi connectivity index (χ0n) is 12.0. The number of benzene rings is 1. The van der Waals surface area contributed by atoms with Crippen LogP contribution in [0.1, 0.15) is 10.5 Å². The topological polar surface area (TPSA) is 84.5 Å². The van der Waals surface area contributed by atoms with Crippen LogP contribution in [0.2, 0.25) is 0 Å². The van der Waals surface area contributed by atoms with E-state index in [9.17, 15) is 9.59 Å². The first kappa shape index (κ1) is 14.1. The summed E-state index contributed by atoms with van der Waals surface area (Å²) in [6, 6.07) is 7.36. The van der Waals surface area contributed by atoms with Gasteiger partial charge in [-0.05, 0) is 12.1 Å². The molecule has 0 bridgehead atoms. The quantitative estimate of drug-likeness (QED) is 0.898. The Balaban J connectivity index is 1.60. The Labute approximate surface area is 126 Å². The lowest BCUT2D eigenvalue weighted by molar-refractivity contribution is 0.0164. The first-order chi connectivity index (χ1) is 10.7. The number of hydrogen-bond donors (Lipinski definition) is 1. The highest BCUT2D eigenvalue weighted by molar-refractivity contribution is 5.92. The number of likely N-dealkylation sites (tertiary alicyclic amines) is 1. The van der Waals surface area contributed by atoms with Crippen molar-refractivity contribution in [1.82, 2.24) is 14.9 Å². The number of para-hydroxylation sites is 2. The second-order valence-electron chi connectivity index (χ2n) is 4.91. The third kappa shape index (κ3) is 2.78. The number of H-pyrrole nitrogens is 1. The molecule has 1 aromatic heterocycles. The molecule has 7 heteroatoms. The fourth-order valence-corrected chi connectivity index (χ4v) is 2.23. The van der Waals surface area contributed by atoms with Crippen LogP contribution in [0, 0.1) is 0 Å². The van der Waals surface area contributed by atoms with E-state index in [4.69, 9.17) is 9.47 Å². The van der Waals surface area contributed by atoms with E-state index >= 15 is 0 Å². The number of ether oxygens (including phenoxy) is 2. The van der Waals surface area contributed by atoms with E-state index in [-0.39, 0.29) is 17.7 Å². The first-order valence-electron chi connectivity index (χ1n) is 6.80. The number of carbonyl (C=O) groups is 1. The van der Waals surface area contributed by atoms with Crippen molar-refractivity contribution in [2.45, 2.75) is 6.10 Å². The predicted molar refractivity (Wildman–Crippen MR) is 78.2 cm³/mol. The SMILES string of the molecule is COc1ccccc1OC1CN(C(=O)c2cncc(=O)[nH]2)C1. The van der Waals surface area contributed by atoms with Gasteiger partial charge >= 0.3 is 0 Å². The average molecular weight is 301 g/mol. The molecule has 2 heterocycles. The van der Waals surface area contributed by atoms with Crippen LogP contribution in [0.5, 0.6) is 11.5 Å². The van der Waals surface area contributed by atoms with Crippen molar-refractivity contribution in [3.8, 4) is 11.5 Å². The average Bonchev–Trinajstić information content (AvgIpc) is 2.50. The largest absolute Gasteiger partial charge is 0.493 e. The minimum Gasteiger partial charge on any atom is -0.493 e. The predicted octanol–water partition coefficient (Wildman–Crippen LogP) is 0.682. The summed E-state index contributed by atoms with van der Waals surface area (Å²) in [4.78, 5) is 31.1. The van der Waals surface area contributed by atoms with Crippen LogP contribution in [0.15, 0.2) is 41.5 Å². The van der Waals surface area contributed by atoms with Gasteiger partial charge in [0.25, 0.3) is 11.5 Å². The highest BCUT2D eigenvalue weighted by Gasteiger charge is 2.33. The molecule has 1 amide bonds. The fraction of sp³-hybridized carbons (Fsp3) is 0.267. The lowest BCUT2D eigenvalue weighted by Crippen LogP contribution is -2.56. The van der Waals surface area contributed by atoms with E-state index in [1.54, 1.807) is 12.0 Å². The summed E-state index contributed by atoms with van der Waals surface area (Å²) >= 11 is 0. The highest BCUT2D eigenvalue weighted by atomic mass is 16.5. The van der Waals surface area contributed by atoms with Crippen molar-refractivity contribution < 1.29 is 14.3 Å². The minimum atomic E-state index is -0.395. The summed E-state index contributed by atoms with van der Waals surface area (Å²) < 4.78 is 11.0. The van der Waals surface area contributed by atoms with E-state index in [2.05, 4.69) is 9.97 Å². The standard InChI is InChI=1S/C15H15N3O4/c1-21-12-4-2-3-5-13(12)22-10-8-18(9-10)15(20)11-6-16-7-14(19)17-11/h2-7,10H,8-9H2,1H3,(H,17,19). The number of rotatable bonds is 4. The third-order valence-corrected chi connectivity index (χ3v) is 3.38. The van der Waals surface area contributed by atoms with Crippen molar-refractivity contribution in [1.29, 1.82) is 0 Å². The van der Waals surface area contributed by atoms with Gasteiger partial charge in [0.2, 0.25) is 0 Å². The molecular formula is C15H15N3O4. The van der Waals surface area contributed by atoms with Crippen molar-refractivity contribution >= 4 is 5.91 Å². The molecule has 114 valence electrons. The van der Waals surface area contributed by atoms with Crippen LogP contribution in [-0.4, -0.2) is 47.1 Å². The number of aromatic amines is 1. The number of nitrogens with one attached hydrogen (secondary N) is 1. The molecule has 1 aliphatic heterocycles. The molecular weight excluding hydrogens is 286 g/mol. The van der Waals surface area contributed by atoms with E-state index in [1.807, 2.05) is 24.3 Å². The summed E-state index contributed by atoms with van der Waals surface area (Å²) in [5.74, 6) is 1.05. The van der Waals surface area contributed by atoms with E-state index in [0.29, 0.717) is 24.6 Å². The number of nitrogens with zero attached hydrogens (tertiary/aromatic N) is 2. The number of aromatic nitrogens is 2. The maximum Gasteiger partial charge on any atom is 0.272 e. The second-order valence-corrected chi connectivity index (χ2v) is 4.91. The molecule has 3 rings (SSSR count). The molecule has 0 aliphatic carbocycles. The van der Waals surface area contributed by atoms with Gasteiger partial charge in [-0.2, -0.15) is 0 Å². The van der Waals surface area contributed by atoms with E-state index < -0.39 is 5.56 Å². The van der Waals surface area contributed by atoms with Gasteiger partial charge in [-0.25, -0.2) is 0 Å². The van der Waals surface area contributed by atoms with Crippen molar-refractivity contribution in [3.05, 3.63) is 52.7 Å². The molecule has 1 fully saturated rings. The fourth-order valence-electron chi connectivity index (χ4n) is 2.23. The minimum absolute atomic E-state index is 0.0938. The van der Waals surface area contributed by atoms with Crippen LogP contribution >= 0.6 is 0 Å². The molecule has 1 aromatic carbocycles. The number of methoxy groups -OCH3 is 1. The Morgan fingerprint density at radius 2 is 2.00 bits per heavy atom. The maximum atomic E-state index is 12.1. The zero-order valence-corrected chi connectivity index (χ0v) is 12.0. The lowest BCUT2D eigenvalue weighted by Gasteiger charge is -2.38. The summed E-state index contributed by atoms with van der Waals surface area (Å²) in [5, 5.41) is 0. The van der Waals surface area contributed by atoms with Gasteiger partial charge in [-0.3, -0.25) is 14.6 Å². The Morgan fingerprint density at radius 1 is 1.27 bits per heavy atom. The zero-order chi connectivity index (χ0) is 15.5. The van der Waals surface area contributed by atoms with Gasteiger partial charge in [0, 0.05) is 0 Å². The second kappa shape index (κ2) is 5.88. The van der Waals surface area contributed by atoms with Gasteiger partial charge in [-0.1, -0.05) is 12.1 Å². The highest BCUT2D eigenvalue weighted by Crippen LogP contribution is 2.28. The molecule has 0 unspecified atom stereocenters. The van der Waals surface area contributed by atoms with E-state index in [0.717, 1.165) is 6.20 Å². The number of amides is 1. The molecule has 0 radical (unpaired) electrons. The smallest absolute Gasteiger partial charge is 0.272 e. The molecule has 1 aliphatic rings. The van der Waals surface area contributed by atoms with Gasteiger partial charge in [0.1, 0.15) is 11.8 Å². The first-order valence-corrected chi connectivity index (χ1v) is 6.80. The van der Waals surface area contributed by atoms with Gasteiger partial charge < -0.3 is 19.4 Å². The molecule has 22 heavy (non-hydrogen) atoms. The number of carbonyl (C=O) groups excluding carboxylic acids is 1. The Morgan fingerprint density at radius 3 is 2.68 bits per heavy atom. The third-order valence-electron chi connectivity index (χ3n) is 3.38. The van der Waals surface area contributed by atoms with E-state index in [1.165, 1.54) is 6.20 Å². The Hall–Kier alpha value is -2.83. The van der Waals surface area contributed by atoms with Crippen LogP contribution < -0.4 is 15.0 Å². The monoisotopic (exact) mass is 301 g/mol.